The SMILES string of the molecule is Cc1ccc(C)c(Oc2ccc3cnccc3c2N)c1C. The monoisotopic (exact) mass is 278 g/mol. The standard InChI is InChI=1S/C18H18N2O/c1-11-4-5-12(2)18(13(11)3)21-16-7-6-14-10-20-9-8-15(14)17(16)19/h4-10H,19H2,1-3H3. The third kappa shape index (κ3) is 2.31. The Kier molecular flexibility index (Phi) is 3.26. The van der Waals surface area contributed by atoms with E-state index in [0.29, 0.717) is 11.4 Å². The van der Waals surface area contributed by atoms with Gasteiger partial charge in [0.05, 0.1) is 5.69 Å². The van der Waals surface area contributed by atoms with E-state index >= 15 is 0 Å². The second kappa shape index (κ2) is 5.09. The zero-order chi connectivity index (χ0) is 15.0. The van der Waals surface area contributed by atoms with Gasteiger partial charge in [-0.2, -0.15) is 0 Å². The Morgan fingerprint density at radius 2 is 1.71 bits per heavy atom. The number of rotatable bonds is 2. The van der Waals surface area contributed by atoms with Crippen LogP contribution in [-0.2, 0) is 0 Å². The number of fused-ring (bicyclic) bond motifs is 1. The second-order valence-corrected chi connectivity index (χ2v) is 5.33. The first-order valence-corrected chi connectivity index (χ1v) is 6.95. The Labute approximate surface area is 124 Å². The van der Waals surface area contributed by atoms with Crippen molar-refractivity contribution in [3.8, 4) is 11.5 Å². The van der Waals surface area contributed by atoms with Crippen molar-refractivity contribution in [1.82, 2.24) is 4.98 Å². The van der Waals surface area contributed by atoms with Crippen molar-refractivity contribution in [3.63, 3.8) is 0 Å². The summed E-state index contributed by atoms with van der Waals surface area (Å²) in [7, 11) is 0. The number of benzene rings is 2. The summed E-state index contributed by atoms with van der Waals surface area (Å²) in [6.07, 6.45) is 3.55. The van der Waals surface area contributed by atoms with Gasteiger partial charge in [0.2, 0.25) is 0 Å². The van der Waals surface area contributed by atoms with Crippen LogP contribution in [0.15, 0.2) is 42.7 Å². The number of nitrogens with two attached hydrogens (primary N) is 1. The molecule has 1 heterocycles. The number of ether oxygens (including phenoxy) is 1. The van der Waals surface area contributed by atoms with Crippen LogP contribution in [0.25, 0.3) is 10.8 Å². The van der Waals surface area contributed by atoms with Gasteiger partial charge in [-0.15, -0.1) is 0 Å². The van der Waals surface area contributed by atoms with E-state index in [1.807, 2.05) is 25.1 Å². The number of hydrogen-bond acceptors (Lipinski definition) is 3. The highest BCUT2D eigenvalue weighted by Gasteiger charge is 2.11. The van der Waals surface area contributed by atoms with Crippen LogP contribution in [0, 0.1) is 20.8 Å². The van der Waals surface area contributed by atoms with Gasteiger partial charge in [0.25, 0.3) is 0 Å². The maximum absolute atomic E-state index is 6.25. The zero-order valence-corrected chi connectivity index (χ0v) is 12.5. The highest BCUT2D eigenvalue weighted by Crippen LogP contribution is 2.36. The van der Waals surface area contributed by atoms with Crippen LogP contribution in [0.2, 0.25) is 0 Å². The minimum atomic E-state index is 0.648. The Morgan fingerprint density at radius 1 is 0.952 bits per heavy atom. The summed E-state index contributed by atoms with van der Waals surface area (Å²) in [5.74, 6) is 1.57. The fourth-order valence-electron chi connectivity index (χ4n) is 2.45. The van der Waals surface area contributed by atoms with Crippen LogP contribution in [0.4, 0.5) is 5.69 Å². The number of hydrogen-bond donors (Lipinski definition) is 1. The first kappa shape index (κ1) is 13.4. The molecule has 0 aliphatic carbocycles. The molecule has 2 aromatic carbocycles. The predicted octanol–water partition coefficient (Wildman–Crippen LogP) is 4.53. The number of anilines is 1. The maximum atomic E-state index is 6.25. The highest BCUT2D eigenvalue weighted by atomic mass is 16.5. The molecule has 3 heteroatoms. The summed E-state index contributed by atoms with van der Waals surface area (Å²) in [5, 5.41) is 1.98. The van der Waals surface area contributed by atoms with Gasteiger partial charge in [-0.1, -0.05) is 12.1 Å². The summed E-state index contributed by atoms with van der Waals surface area (Å²) in [6.45, 7) is 6.19. The zero-order valence-electron chi connectivity index (χ0n) is 12.5. The fourth-order valence-corrected chi connectivity index (χ4v) is 2.45. The van der Waals surface area contributed by atoms with Crippen LogP contribution in [-0.4, -0.2) is 4.98 Å². The second-order valence-electron chi connectivity index (χ2n) is 5.33. The molecule has 3 aromatic rings. The number of nitrogens with zero attached hydrogens (tertiary/aromatic N) is 1. The summed E-state index contributed by atoms with van der Waals surface area (Å²) >= 11 is 0. The molecule has 0 saturated heterocycles. The molecule has 0 aliphatic rings. The molecule has 21 heavy (non-hydrogen) atoms. The van der Waals surface area contributed by atoms with E-state index in [0.717, 1.165) is 27.6 Å². The molecule has 0 fully saturated rings. The lowest BCUT2D eigenvalue weighted by atomic mass is 10.1. The van der Waals surface area contributed by atoms with E-state index in [1.54, 1.807) is 12.4 Å². The first-order chi connectivity index (χ1) is 10.1. The third-order valence-electron chi connectivity index (χ3n) is 3.91. The summed E-state index contributed by atoms with van der Waals surface area (Å²) in [5.41, 5.74) is 10.4. The van der Waals surface area contributed by atoms with Crippen LogP contribution >= 0.6 is 0 Å². The molecule has 0 amide bonds. The Hall–Kier alpha value is -2.55. The van der Waals surface area contributed by atoms with Crippen molar-refractivity contribution >= 4 is 16.5 Å². The van der Waals surface area contributed by atoms with E-state index in [2.05, 4.69) is 31.0 Å². The lowest BCUT2D eigenvalue weighted by Crippen LogP contribution is -1.97. The molecule has 0 unspecified atom stereocenters. The van der Waals surface area contributed by atoms with Gasteiger partial charge in [-0.05, 0) is 55.7 Å². The summed E-state index contributed by atoms with van der Waals surface area (Å²) in [4.78, 5) is 4.11. The molecule has 106 valence electrons. The van der Waals surface area contributed by atoms with Crippen LogP contribution in [0.3, 0.4) is 0 Å². The van der Waals surface area contributed by atoms with E-state index < -0.39 is 0 Å². The Balaban J connectivity index is 2.11. The molecular formula is C18H18N2O. The number of nitrogen functional groups attached to an aromatic ring is 1. The van der Waals surface area contributed by atoms with Gasteiger partial charge in [-0.25, -0.2) is 0 Å². The molecule has 0 atom stereocenters. The summed E-state index contributed by atoms with van der Waals surface area (Å²) in [6, 6.07) is 9.97. The van der Waals surface area contributed by atoms with Crippen LogP contribution in [0.5, 0.6) is 11.5 Å². The first-order valence-electron chi connectivity index (χ1n) is 6.95. The van der Waals surface area contributed by atoms with Gasteiger partial charge in [0.1, 0.15) is 5.75 Å². The van der Waals surface area contributed by atoms with E-state index in [1.165, 1.54) is 5.56 Å². The lowest BCUT2D eigenvalue weighted by Gasteiger charge is -2.16. The van der Waals surface area contributed by atoms with Crippen molar-refractivity contribution in [3.05, 3.63) is 59.4 Å². The van der Waals surface area contributed by atoms with Gasteiger partial charge in [0, 0.05) is 23.2 Å². The molecule has 3 rings (SSSR count). The minimum Gasteiger partial charge on any atom is -0.455 e. The molecule has 2 N–H and O–H groups in total. The molecule has 0 radical (unpaired) electrons. The number of aromatic nitrogens is 1. The highest BCUT2D eigenvalue weighted by molar-refractivity contribution is 5.95. The third-order valence-corrected chi connectivity index (χ3v) is 3.91. The van der Waals surface area contributed by atoms with Gasteiger partial charge >= 0.3 is 0 Å². The van der Waals surface area contributed by atoms with Gasteiger partial charge < -0.3 is 10.5 Å². The minimum absolute atomic E-state index is 0.648. The number of pyridine rings is 1. The Bertz CT molecular complexity index is 825. The van der Waals surface area contributed by atoms with Crippen molar-refractivity contribution in [2.24, 2.45) is 0 Å². The largest absolute Gasteiger partial charge is 0.455 e. The normalized spacial score (nSPS) is 10.8. The molecule has 3 nitrogen and oxygen atoms in total. The van der Waals surface area contributed by atoms with Gasteiger partial charge in [0.15, 0.2) is 5.75 Å². The average Bonchev–Trinajstić information content (AvgIpc) is 2.50. The molecule has 0 saturated carbocycles. The van der Waals surface area contributed by atoms with Crippen molar-refractivity contribution in [1.29, 1.82) is 0 Å². The van der Waals surface area contributed by atoms with E-state index in [9.17, 15) is 0 Å². The fraction of sp³-hybridized carbons (Fsp3) is 0.167. The smallest absolute Gasteiger partial charge is 0.150 e. The Morgan fingerprint density at radius 3 is 2.52 bits per heavy atom. The quantitative estimate of drug-likeness (QED) is 0.700. The average molecular weight is 278 g/mol. The molecule has 0 spiro atoms. The van der Waals surface area contributed by atoms with E-state index in [4.69, 9.17) is 10.5 Å². The molecular weight excluding hydrogens is 260 g/mol. The predicted molar refractivity (Wildman–Crippen MR) is 86.9 cm³/mol. The number of aryl methyl sites for hydroxylation is 2. The van der Waals surface area contributed by atoms with Gasteiger partial charge in [-0.3, -0.25) is 4.98 Å². The van der Waals surface area contributed by atoms with Crippen molar-refractivity contribution in [2.75, 3.05) is 5.73 Å². The molecule has 0 aliphatic heterocycles. The lowest BCUT2D eigenvalue weighted by molar-refractivity contribution is 0.477. The van der Waals surface area contributed by atoms with Crippen LogP contribution < -0.4 is 10.5 Å². The molecule has 1 aromatic heterocycles. The molecule has 0 bridgehead atoms. The van der Waals surface area contributed by atoms with E-state index in [-0.39, 0.29) is 0 Å². The van der Waals surface area contributed by atoms with Crippen molar-refractivity contribution in [2.45, 2.75) is 20.8 Å². The topological polar surface area (TPSA) is 48.1 Å². The van der Waals surface area contributed by atoms with Crippen molar-refractivity contribution < 1.29 is 4.74 Å². The maximum Gasteiger partial charge on any atom is 0.150 e. The van der Waals surface area contributed by atoms with Crippen LogP contribution in [0.1, 0.15) is 16.7 Å². The summed E-state index contributed by atoms with van der Waals surface area (Å²) < 4.78 is 6.11.